The lowest BCUT2D eigenvalue weighted by atomic mass is 10.0. The zero-order valence-corrected chi connectivity index (χ0v) is 12.2. The maximum absolute atomic E-state index is 14.1. The van der Waals surface area contributed by atoms with Crippen LogP contribution in [-0.4, -0.2) is 16.0 Å². The van der Waals surface area contributed by atoms with Crippen molar-refractivity contribution in [1.29, 1.82) is 0 Å². The lowest BCUT2D eigenvalue weighted by Gasteiger charge is -2.13. The molecule has 1 heterocycles. The quantitative estimate of drug-likeness (QED) is 0.908. The van der Waals surface area contributed by atoms with Gasteiger partial charge >= 0.3 is 0 Å². The van der Waals surface area contributed by atoms with Crippen LogP contribution in [0.15, 0.2) is 30.6 Å². The Bertz CT molecular complexity index is 582. The van der Waals surface area contributed by atoms with E-state index in [-0.39, 0.29) is 5.82 Å². The summed E-state index contributed by atoms with van der Waals surface area (Å²) < 4.78 is 14.1. The second-order valence-corrected chi connectivity index (χ2v) is 5.05. The molecule has 106 valence electrons. The molecule has 20 heavy (non-hydrogen) atoms. The normalized spacial score (nSPS) is 11.1. The molecule has 0 aliphatic rings. The van der Waals surface area contributed by atoms with Gasteiger partial charge in [0.15, 0.2) is 0 Å². The van der Waals surface area contributed by atoms with Gasteiger partial charge in [-0.15, -0.1) is 0 Å². The van der Waals surface area contributed by atoms with Gasteiger partial charge in [-0.2, -0.15) is 0 Å². The molecule has 0 amide bonds. The molecule has 0 saturated heterocycles. The van der Waals surface area contributed by atoms with E-state index in [1.807, 2.05) is 26.8 Å². The SMILES string of the molecule is CCc1cncc(-c2cccc(F)c2CNC(C)C)n1. The van der Waals surface area contributed by atoms with Crippen LogP contribution in [0.1, 0.15) is 32.0 Å². The number of hydrogen-bond donors (Lipinski definition) is 1. The van der Waals surface area contributed by atoms with Gasteiger partial charge in [0.2, 0.25) is 0 Å². The lowest BCUT2D eigenvalue weighted by Crippen LogP contribution is -2.23. The first kappa shape index (κ1) is 14.6. The van der Waals surface area contributed by atoms with Crippen LogP contribution >= 0.6 is 0 Å². The molecule has 4 heteroatoms. The van der Waals surface area contributed by atoms with E-state index in [1.165, 1.54) is 6.07 Å². The van der Waals surface area contributed by atoms with E-state index in [2.05, 4.69) is 15.3 Å². The Balaban J connectivity index is 2.41. The Morgan fingerprint density at radius 3 is 2.75 bits per heavy atom. The molecule has 0 aliphatic carbocycles. The van der Waals surface area contributed by atoms with Gasteiger partial charge < -0.3 is 5.32 Å². The van der Waals surface area contributed by atoms with Gasteiger partial charge in [-0.25, -0.2) is 9.37 Å². The first-order valence-corrected chi connectivity index (χ1v) is 6.94. The van der Waals surface area contributed by atoms with Crippen molar-refractivity contribution in [3.8, 4) is 11.3 Å². The lowest BCUT2D eigenvalue weighted by molar-refractivity contribution is 0.554. The zero-order chi connectivity index (χ0) is 14.5. The van der Waals surface area contributed by atoms with Crippen LogP contribution in [0.3, 0.4) is 0 Å². The number of aryl methyl sites for hydroxylation is 1. The molecular weight excluding hydrogens is 253 g/mol. The van der Waals surface area contributed by atoms with E-state index >= 15 is 0 Å². The van der Waals surface area contributed by atoms with Crippen molar-refractivity contribution in [2.75, 3.05) is 0 Å². The molecule has 0 aliphatic heterocycles. The largest absolute Gasteiger partial charge is 0.310 e. The molecule has 0 atom stereocenters. The summed E-state index contributed by atoms with van der Waals surface area (Å²) in [4.78, 5) is 8.73. The number of benzene rings is 1. The van der Waals surface area contributed by atoms with Crippen molar-refractivity contribution < 1.29 is 4.39 Å². The number of aromatic nitrogens is 2. The van der Waals surface area contributed by atoms with Crippen LogP contribution in [0.25, 0.3) is 11.3 Å². The standard InChI is InChI=1S/C16H20FN3/c1-4-12-8-18-10-16(20-12)13-6-5-7-15(17)14(13)9-19-11(2)3/h5-8,10-11,19H,4,9H2,1-3H3. The number of rotatable bonds is 5. The Morgan fingerprint density at radius 1 is 1.25 bits per heavy atom. The van der Waals surface area contributed by atoms with E-state index in [1.54, 1.807) is 18.5 Å². The second kappa shape index (κ2) is 6.57. The van der Waals surface area contributed by atoms with Gasteiger partial charge in [-0.3, -0.25) is 4.98 Å². The number of nitrogens with zero attached hydrogens (tertiary/aromatic N) is 2. The number of nitrogens with one attached hydrogen (secondary N) is 1. The van der Waals surface area contributed by atoms with E-state index in [4.69, 9.17) is 0 Å². The molecule has 2 aromatic rings. The summed E-state index contributed by atoms with van der Waals surface area (Å²) in [6.07, 6.45) is 4.25. The van der Waals surface area contributed by atoms with Crippen LogP contribution in [0.2, 0.25) is 0 Å². The van der Waals surface area contributed by atoms with Crippen molar-refractivity contribution >= 4 is 0 Å². The average Bonchev–Trinajstić information content (AvgIpc) is 2.45. The third-order valence-corrected chi connectivity index (χ3v) is 3.13. The van der Waals surface area contributed by atoms with Crippen molar-refractivity contribution in [2.45, 2.75) is 39.8 Å². The topological polar surface area (TPSA) is 37.8 Å². The van der Waals surface area contributed by atoms with Crippen LogP contribution in [0, 0.1) is 5.82 Å². The summed E-state index contributed by atoms with van der Waals surface area (Å²) in [5.41, 5.74) is 3.09. The minimum Gasteiger partial charge on any atom is -0.310 e. The van der Waals surface area contributed by atoms with Crippen molar-refractivity contribution in [2.24, 2.45) is 0 Å². The average molecular weight is 273 g/mol. The smallest absolute Gasteiger partial charge is 0.128 e. The predicted molar refractivity (Wildman–Crippen MR) is 78.8 cm³/mol. The van der Waals surface area contributed by atoms with Crippen LogP contribution in [0.4, 0.5) is 4.39 Å². The van der Waals surface area contributed by atoms with Crippen molar-refractivity contribution in [1.82, 2.24) is 15.3 Å². The minimum absolute atomic E-state index is 0.209. The zero-order valence-electron chi connectivity index (χ0n) is 12.2. The van der Waals surface area contributed by atoms with Crippen molar-refractivity contribution in [3.05, 3.63) is 47.7 Å². The van der Waals surface area contributed by atoms with Crippen LogP contribution in [0.5, 0.6) is 0 Å². The Kier molecular flexibility index (Phi) is 4.79. The molecule has 0 spiro atoms. The highest BCUT2D eigenvalue weighted by atomic mass is 19.1. The van der Waals surface area contributed by atoms with E-state index in [0.717, 1.165) is 23.4 Å². The number of hydrogen-bond acceptors (Lipinski definition) is 3. The highest BCUT2D eigenvalue weighted by Gasteiger charge is 2.12. The van der Waals surface area contributed by atoms with Gasteiger partial charge in [-0.05, 0) is 12.5 Å². The predicted octanol–water partition coefficient (Wildman–Crippen LogP) is 3.34. The molecule has 0 radical (unpaired) electrons. The summed E-state index contributed by atoms with van der Waals surface area (Å²) in [5, 5.41) is 3.25. The molecule has 1 N–H and O–H groups in total. The van der Waals surface area contributed by atoms with Crippen LogP contribution < -0.4 is 5.32 Å². The highest BCUT2D eigenvalue weighted by molar-refractivity contribution is 5.63. The molecule has 3 nitrogen and oxygen atoms in total. The third-order valence-electron chi connectivity index (χ3n) is 3.13. The molecule has 0 fully saturated rings. The maximum Gasteiger partial charge on any atom is 0.128 e. The second-order valence-electron chi connectivity index (χ2n) is 5.05. The van der Waals surface area contributed by atoms with E-state index in [9.17, 15) is 4.39 Å². The third kappa shape index (κ3) is 3.39. The first-order valence-electron chi connectivity index (χ1n) is 6.94. The maximum atomic E-state index is 14.1. The first-order chi connectivity index (χ1) is 9.61. The summed E-state index contributed by atoms with van der Waals surface area (Å²) in [6.45, 7) is 6.59. The number of halogens is 1. The Morgan fingerprint density at radius 2 is 2.05 bits per heavy atom. The molecule has 0 saturated carbocycles. The van der Waals surface area contributed by atoms with Gasteiger partial charge in [0.1, 0.15) is 5.82 Å². The monoisotopic (exact) mass is 273 g/mol. The van der Waals surface area contributed by atoms with E-state index < -0.39 is 0 Å². The molecule has 2 rings (SSSR count). The molecular formula is C16H20FN3. The molecule has 0 bridgehead atoms. The highest BCUT2D eigenvalue weighted by Crippen LogP contribution is 2.24. The van der Waals surface area contributed by atoms with Gasteiger partial charge in [0, 0.05) is 29.9 Å². The Hall–Kier alpha value is -1.81. The molecule has 0 unspecified atom stereocenters. The molecule has 1 aromatic carbocycles. The van der Waals surface area contributed by atoms with Crippen molar-refractivity contribution in [3.63, 3.8) is 0 Å². The summed E-state index contributed by atoms with van der Waals surface area (Å²) in [7, 11) is 0. The molecule has 1 aromatic heterocycles. The fraction of sp³-hybridized carbons (Fsp3) is 0.375. The Labute approximate surface area is 119 Å². The van der Waals surface area contributed by atoms with Crippen LogP contribution in [-0.2, 0) is 13.0 Å². The van der Waals surface area contributed by atoms with E-state index in [0.29, 0.717) is 18.2 Å². The minimum atomic E-state index is -0.209. The van der Waals surface area contributed by atoms with Gasteiger partial charge in [0.25, 0.3) is 0 Å². The van der Waals surface area contributed by atoms with Gasteiger partial charge in [-0.1, -0.05) is 32.9 Å². The summed E-state index contributed by atoms with van der Waals surface area (Å²) >= 11 is 0. The fourth-order valence-electron chi connectivity index (χ4n) is 1.99. The summed E-state index contributed by atoms with van der Waals surface area (Å²) in [6, 6.07) is 5.39. The summed E-state index contributed by atoms with van der Waals surface area (Å²) in [5.74, 6) is -0.209. The fourth-order valence-corrected chi connectivity index (χ4v) is 1.99. The van der Waals surface area contributed by atoms with Gasteiger partial charge in [0.05, 0.1) is 17.6 Å².